The highest BCUT2D eigenvalue weighted by molar-refractivity contribution is 6.15. The number of carbonyl (C=O) groups is 1. The monoisotopic (exact) mass is 451 g/mol. The number of non-ortho nitro benzene ring substituents is 1. The van der Waals surface area contributed by atoms with Crippen LogP contribution in [0.15, 0.2) is 42.2 Å². The molecule has 0 atom stereocenters. The molecule has 3 aliphatic rings. The molecule has 1 saturated heterocycles. The fraction of sp³-hybridized carbons (Fsp3) is 0.375. The van der Waals surface area contributed by atoms with Crippen LogP contribution in [0.25, 0.3) is 6.08 Å². The van der Waals surface area contributed by atoms with Crippen LogP contribution in [0.1, 0.15) is 27.9 Å². The maximum atomic E-state index is 12.9. The first-order valence-corrected chi connectivity index (χ1v) is 11.1. The fourth-order valence-electron chi connectivity index (χ4n) is 4.33. The predicted octanol–water partition coefficient (Wildman–Crippen LogP) is 3.09. The molecule has 2 aromatic carbocycles. The molecular formula is C24H25N3O6. The molecule has 0 bridgehead atoms. The molecule has 0 amide bonds. The molecule has 172 valence electrons. The third-order valence-electron chi connectivity index (χ3n) is 6.14. The van der Waals surface area contributed by atoms with Crippen molar-refractivity contribution in [2.45, 2.75) is 13.0 Å². The summed E-state index contributed by atoms with van der Waals surface area (Å²) >= 11 is 0. The molecular weight excluding hydrogens is 426 g/mol. The van der Waals surface area contributed by atoms with Gasteiger partial charge in [-0.1, -0.05) is 0 Å². The van der Waals surface area contributed by atoms with Gasteiger partial charge < -0.3 is 14.2 Å². The van der Waals surface area contributed by atoms with Crippen LogP contribution in [-0.4, -0.2) is 66.6 Å². The summed E-state index contributed by atoms with van der Waals surface area (Å²) in [6, 6.07) is 9.57. The second-order valence-electron chi connectivity index (χ2n) is 8.34. The normalized spacial score (nSPS) is 19.6. The first kappa shape index (κ1) is 21.6. The number of morpholine rings is 1. The van der Waals surface area contributed by atoms with Gasteiger partial charge in [-0.3, -0.25) is 24.7 Å². The number of allylic oxidation sites excluding steroid dienone is 1. The summed E-state index contributed by atoms with van der Waals surface area (Å²) in [5, 5.41) is 10.9. The van der Waals surface area contributed by atoms with Crippen molar-refractivity contribution in [2.75, 3.05) is 46.1 Å². The molecule has 0 unspecified atom stereocenters. The molecule has 2 aromatic rings. The number of rotatable bonds is 6. The van der Waals surface area contributed by atoms with E-state index in [0.29, 0.717) is 30.2 Å². The van der Waals surface area contributed by atoms with Crippen LogP contribution in [0.3, 0.4) is 0 Å². The van der Waals surface area contributed by atoms with Gasteiger partial charge in [0.05, 0.1) is 29.3 Å². The zero-order chi connectivity index (χ0) is 22.8. The lowest BCUT2D eigenvalue weighted by Gasteiger charge is -2.31. The molecule has 33 heavy (non-hydrogen) atoms. The number of hydrogen-bond donors (Lipinski definition) is 0. The highest BCUT2D eigenvalue weighted by Gasteiger charge is 2.33. The van der Waals surface area contributed by atoms with Crippen LogP contribution in [0.4, 0.5) is 5.69 Å². The Kier molecular flexibility index (Phi) is 6.08. The van der Waals surface area contributed by atoms with Gasteiger partial charge in [0.2, 0.25) is 5.78 Å². The average Bonchev–Trinajstić information content (AvgIpc) is 3.15. The van der Waals surface area contributed by atoms with Crippen molar-refractivity contribution in [1.82, 2.24) is 9.80 Å². The van der Waals surface area contributed by atoms with Crippen LogP contribution in [0, 0.1) is 10.1 Å². The van der Waals surface area contributed by atoms with E-state index in [1.807, 2.05) is 6.07 Å². The van der Waals surface area contributed by atoms with Crippen LogP contribution in [-0.2, 0) is 11.3 Å². The number of benzene rings is 2. The van der Waals surface area contributed by atoms with E-state index < -0.39 is 4.92 Å². The van der Waals surface area contributed by atoms with Gasteiger partial charge in [0.25, 0.3) is 5.69 Å². The van der Waals surface area contributed by atoms with Gasteiger partial charge in [0.1, 0.15) is 18.2 Å². The Balaban J connectivity index is 1.28. The van der Waals surface area contributed by atoms with Crippen LogP contribution >= 0.6 is 0 Å². The van der Waals surface area contributed by atoms with E-state index in [-0.39, 0.29) is 17.2 Å². The lowest BCUT2D eigenvalue weighted by Crippen LogP contribution is -2.39. The molecule has 5 rings (SSSR count). The first-order chi connectivity index (χ1) is 16.1. The molecule has 0 aliphatic carbocycles. The minimum absolute atomic E-state index is 0.000896. The van der Waals surface area contributed by atoms with Crippen molar-refractivity contribution in [3.05, 3.63) is 69.0 Å². The van der Waals surface area contributed by atoms with Gasteiger partial charge in [-0.05, 0) is 48.9 Å². The SMILES string of the molecule is O=C1/C(=C/c2ccc([N+](=O)[O-])cc2)Oc2c1ccc1c2CN(CCCN2CCOCC2)CO1. The third-order valence-corrected chi connectivity index (χ3v) is 6.14. The largest absolute Gasteiger partial charge is 0.478 e. The topological polar surface area (TPSA) is 94.4 Å². The number of Topliss-reactive ketones (excluding diaryl/α,β-unsaturated/α-hetero) is 1. The number of hydrogen-bond acceptors (Lipinski definition) is 8. The lowest BCUT2D eigenvalue weighted by atomic mass is 10.0. The first-order valence-electron chi connectivity index (χ1n) is 11.1. The minimum Gasteiger partial charge on any atom is -0.478 e. The minimum atomic E-state index is -0.455. The molecule has 0 radical (unpaired) electrons. The Labute approximate surface area is 191 Å². The number of fused-ring (bicyclic) bond motifs is 3. The number of nitro benzene ring substituents is 1. The molecule has 1 fully saturated rings. The highest BCUT2D eigenvalue weighted by Crippen LogP contribution is 2.42. The maximum Gasteiger partial charge on any atom is 0.269 e. The Morgan fingerprint density at radius 3 is 2.55 bits per heavy atom. The van der Waals surface area contributed by atoms with Gasteiger partial charge in [-0.15, -0.1) is 0 Å². The van der Waals surface area contributed by atoms with Crippen molar-refractivity contribution >= 4 is 17.5 Å². The standard InChI is InChI=1S/C24H25N3O6/c28-23-19-6-7-21-20(15-26(16-32-21)9-1-8-25-10-12-31-13-11-25)24(19)33-22(23)14-17-2-4-18(5-3-17)27(29)30/h2-7,14H,1,8-13,15-16H2/b22-14-. The van der Waals surface area contributed by atoms with E-state index in [1.54, 1.807) is 24.3 Å². The second kappa shape index (κ2) is 9.30. The lowest BCUT2D eigenvalue weighted by molar-refractivity contribution is -0.384. The number of ketones is 1. The van der Waals surface area contributed by atoms with E-state index in [2.05, 4.69) is 9.80 Å². The summed E-state index contributed by atoms with van der Waals surface area (Å²) in [6.07, 6.45) is 2.64. The van der Waals surface area contributed by atoms with Gasteiger partial charge in [0.15, 0.2) is 5.76 Å². The Bertz CT molecular complexity index is 1090. The number of nitro groups is 1. The van der Waals surface area contributed by atoms with Crippen molar-refractivity contribution in [1.29, 1.82) is 0 Å². The summed E-state index contributed by atoms with van der Waals surface area (Å²) < 4.78 is 17.3. The quantitative estimate of drug-likeness (QED) is 0.376. The van der Waals surface area contributed by atoms with E-state index in [0.717, 1.165) is 57.1 Å². The van der Waals surface area contributed by atoms with E-state index in [4.69, 9.17) is 14.2 Å². The van der Waals surface area contributed by atoms with Crippen molar-refractivity contribution in [2.24, 2.45) is 0 Å². The molecule has 0 saturated carbocycles. The van der Waals surface area contributed by atoms with Gasteiger partial charge >= 0.3 is 0 Å². The third kappa shape index (κ3) is 4.61. The smallest absolute Gasteiger partial charge is 0.269 e. The summed E-state index contributed by atoms with van der Waals surface area (Å²) in [7, 11) is 0. The number of ether oxygens (including phenoxy) is 3. The number of carbonyl (C=O) groups excluding carboxylic acids is 1. The molecule has 0 spiro atoms. The van der Waals surface area contributed by atoms with Crippen LogP contribution in [0.2, 0.25) is 0 Å². The Hall–Kier alpha value is -3.27. The van der Waals surface area contributed by atoms with E-state index in [9.17, 15) is 14.9 Å². The Morgan fingerprint density at radius 2 is 1.79 bits per heavy atom. The van der Waals surface area contributed by atoms with Crippen molar-refractivity contribution in [3.63, 3.8) is 0 Å². The summed E-state index contributed by atoms with van der Waals surface area (Å²) in [4.78, 5) is 27.9. The molecule has 0 N–H and O–H groups in total. The number of nitrogens with zero attached hydrogens (tertiary/aromatic N) is 3. The second-order valence-corrected chi connectivity index (χ2v) is 8.34. The van der Waals surface area contributed by atoms with E-state index in [1.165, 1.54) is 12.1 Å². The zero-order valence-electron chi connectivity index (χ0n) is 18.2. The van der Waals surface area contributed by atoms with Crippen LogP contribution < -0.4 is 9.47 Å². The maximum absolute atomic E-state index is 12.9. The molecule has 9 nitrogen and oxygen atoms in total. The zero-order valence-corrected chi connectivity index (χ0v) is 18.2. The average molecular weight is 451 g/mol. The Morgan fingerprint density at radius 1 is 1.03 bits per heavy atom. The van der Waals surface area contributed by atoms with Crippen molar-refractivity contribution in [3.8, 4) is 11.5 Å². The molecule has 3 heterocycles. The summed E-state index contributed by atoms with van der Waals surface area (Å²) in [5.74, 6) is 1.29. The summed E-state index contributed by atoms with van der Waals surface area (Å²) in [5.41, 5.74) is 2.05. The van der Waals surface area contributed by atoms with Crippen molar-refractivity contribution < 1.29 is 23.9 Å². The summed E-state index contributed by atoms with van der Waals surface area (Å²) in [6.45, 7) is 6.63. The van der Waals surface area contributed by atoms with Gasteiger partial charge in [-0.2, -0.15) is 0 Å². The molecule has 3 aliphatic heterocycles. The van der Waals surface area contributed by atoms with Gasteiger partial charge in [-0.25, -0.2) is 0 Å². The van der Waals surface area contributed by atoms with Crippen LogP contribution in [0.5, 0.6) is 11.5 Å². The van der Waals surface area contributed by atoms with Gasteiger partial charge in [0, 0.05) is 38.3 Å². The molecule has 0 aromatic heterocycles. The fourth-order valence-corrected chi connectivity index (χ4v) is 4.33. The predicted molar refractivity (Wildman–Crippen MR) is 120 cm³/mol. The molecule has 9 heteroatoms. The highest BCUT2D eigenvalue weighted by atomic mass is 16.6. The van der Waals surface area contributed by atoms with E-state index >= 15 is 0 Å².